The number of hydrogen-bond donors (Lipinski definition) is 1. The number of rotatable bonds is 3. The van der Waals surface area contributed by atoms with E-state index in [2.05, 4.69) is 21.2 Å². The smallest absolute Gasteiger partial charge is 0.159 e. The molecule has 0 spiro atoms. The molecule has 1 aromatic heterocycles. The standard InChI is InChI=1S/C12H9BrClF2NS/c1-17-11(10-5-7(13)12(14)18-10)6-2-3-8(15)9(16)4-6/h2-5,11,17H,1H3. The van der Waals surface area contributed by atoms with E-state index in [-0.39, 0.29) is 6.04 Å². The summed E-state index contributed by atoms with van der Waals surface area (Å²) in [5.74, 6) is -1.70. The van der Waals surface area contributed by atoms with Crippen LogP contribution in [-0.4, -0.2) is 7.05 Å². The lowest BCUT2D eigenvalue weighted by Gasteiger charge is -2.15. The van der Waals surface area contributed by atoms with Crippen molar-refractivity contribution in [1.82, 2.24) is 5.32 Å². The van der Waals surface area contributed by atoms with Crippen LogP contribution in [0, 0.1) is 11.6 Å². The molecule has 1 unspecified atom stereocenters. The Kier molecular flexibility index (Phi) is 4.37. The highest BCUT2D eigenvalue weighted by Gasteiger charge is 2.17. The quantitative estimate of drug-likeness (QED) is 0.840. The lowest BCUT2D eigenvalue weighted by molar-refractivity contribution is 0.505. The van der Waals surface area contributed by atoms with Crippen LogP contribution in [0.25, 0.3) is 0 Å². The van der Waals surface area contributed by atoms with Gasteiger partial charge < -0.3 is 5.32 Å². The molecule has 0 aliphatic carbocycles. The van der Waals surface area contributed by atoms with Crippen LogP contribution in [0.4, 0.5) is 8.78 Å². The molecule has 0 saturated heterocycles. The summed E-state index contributed by atoms with van der Waals surface area (Å²) in [5.41, 5.74) is 0.654. The predicted octanol–water partition coefficient (Wildman–Crippen LogP) is 4.75. The van der Waals surface area contributed by atoms with Crippen LogP contribution in [0.15, 0.2) is 28.7 Å². The third kappa shape index (κ3) is 2.74. The topological polar surface area (TPSA) is 12.0 Å². The molecule has 1 nitrogen and oxygen atoms in total. The summed E-state index contributed by atoms with van der Waals surface area (Å²) in [7, 11) is 1.76. The second-order valence-electron chi connectivity index (χ2n) is 3.67. The minimum atomic E-state index is -0.852. The van der Waals surface area contributed by atoms with Gasteiger partial charge in [-0.25, -0.2) is 8.78 Å². The van der Waals surface area contributed by atoms with E-state index < -0.39 is 11.6 Å². The first kappa shape index (κ1) is 13.9. The summed E-state index contributed by atoms with van der Waals surface area (Å²) >= 11 is 10.7. The molecule has 2 aromatic rings. The van der Waals surface area contributed by atoms with Crippen molar-refractivity contribution >= 4 is 38.9 Å². The Bertz CT molecular complexity index is 554. The van der Waals surface area contributed by atoms with Crippen LogP contribution in [0.1, 0.15) is 16.5 Å². The maximum Gasteiger partial charge on any atom is 0.159 e. The van der Waals surface area contributed by atoms with E-state index in [0.717, 1.165) is 15.4 Å². The number of hydrogen-bond acceptors (Lipinski definition) is 2. The fourth-order valence-corrected chi connectivity index (χ4v) is 3.55. The van der Waals surface area contributed by atoms with Gasteiger partial charge in [-0.2, -0.15) is 0 Å². The largest absolute Gasteiger partial charge is 0.309 e. The van der Waals surface area contributed by atoms with Gasteiger partial charge in [0, 0.05) is 9.35 Å². The van der Waals surface area contributed by atoms with E-state index >= 15 is 0 Å². The molecule has 0 amide bonds. The predicted molar refractivity (Wildman–Crippen MR) is 74.3 cm³/mol. The van der Waals surface area contributed by atoms with Gasteiger partial charge >= 0.3 is 0 Å². The highest BCUT2D eigenvalue weighted by Crippen LogP contribution is 2.37. The van der Waals surface area contributed by atoms with Crippen molar-refractivity contribution in [3.05, 3.63) is 55.1 Å². The van der Waals surface area contributed by atoms with Gasteiger partial charge in [-0.15, -0.1) is 11.3 Å². The minimum Gasteiger partial charge on any atom is -0.309 e. The fraction of sp³-hybridized carbons (Fsp3) is 0.167. The normalized spacial score (nSPS) is 12.7. The zero-order valence-corrected chi connectivity index (χ0v) is 12.5. The second-order valence-corrected chi connectivity index (χ2v) is 6.21. The van der Waals surface area contributed by atoms with Crippen LogP contribution in [-0.2, 0) is 0 Å². The Morgan fingerprint density at radius 3 is 2.50 bits per heavy atom. The van der Waals surface area contributed by atoms with E-state index in [1.54, 1.807) is 13.1 Å². The van der Waals surface area contributed by atoms with Gasteiger partial charge in [-0.3, -0.25) is 0 Å². The van der Waals surface area contributed by atoms with Crippen LogP contribution in [0.5, 0.6) is 0 Å². The van der Waals surface area contributed by atoms with E-state index in [0.29, 0.717) is 9.90 Å². The lowest BCUT2D eigenvalue weighted by atomic mass is 10.1. The molecule has 1 N–H and O–H groups in total. The van der Waals surface area contributed by atoms with Gasteiger partial charge in [0.1, 0.15) is 4.34 Å². The molecule has 0 bridgehead atoms. The van der Waals surface area contributed by atoms with Gasteiger partial charge in [0.05, 0.1) is 6.04 Å². The van der Waals surface area contributed by atoms with Crippen molar-refractivity contribution in [2.45, 2.75) is 6.04 Å². The average molecular weight is 353 g/mol. The van der Waals surface area contributed by atoms with Crippen LogP contribution < -0.4 is 5.32 Å². The lowest BCUT2D eigenvalue weighted by Crippen LogP contribution is -2.16. The van der Waals surface area contributed by atoms with E-state index in [1.807, 2.05) is 6.07 Å². The highest BCUT2D eigenvalue weighted by atomic mass is 79.9. The molecule has 0 fully saturated rings. The third-order valence-corrected chi connectivity index (χ3v) is 5.05. The zero-order chi connectivity index (χ0) is 13.3. The van der Waals surface area contributed by atoms with Gasteiger partial charge in [-0.05, 0) is 46.7 Å². The SMILES string of the molecule is CNC(c1ccc(F)c(F)c1)c1cc(Br)c(Cl)s1. The first-order valence-electron chi connectivity index (χ1n) is 5.10. The van der Waals surface area contributed by atoms with E-state index in [1.165, 1.54) is 17.4 Å². The van der Waals surface area contributed by atoms with Crippen molar-refractivity contribution in [1.29, 1.82) is 0 Å². The molecule has 1 atom stereocenters. The molecular weight excluding hydrogens is 344 g/mol. The molecule has 1 aromatic carbocycles. The summed E-state index contributed by atoms with van der Waals surface area (Å²) in [5, 5.41) is 3.06. The Balaban J connectivity index is 2.41. The number of nitrogens with one attached hydrogen (secondary N) is 1. The summed E-state index contributed by atoms with van der Waals surface area (Å²) in [6.07, 6.45) is 0. The van der Waals surface area contributed by atoms with Gasteiger partial charge in [0.15, 0.2) is 11.6 Å². The molecule has 6 heteroatoms. The van der Waals surface area contributed by atoms with Crippen molar-refractivity contribution in [3.63, 3.8) is 0 Å². The molecule has 0 radical (unpaired) electrons. The van der Waals surface area contributed by atoms with Crippen molar-refractivity contribution in [2.75, 3.05) is 7.05 Å². The van der Waals surface area contributed by atoms with Crippen LogP contribution in [0.2, 0.25) is 4.34 Å². The highest BCUT2D eigenvalue weighted by molar-refractivity contribution is 9.10. The first-order valence-corrected chi connectivity index (χ1v) is 7.08. The monoisotopic (exact) mass is 351 g/mol. The summed E-state index contributed by atoms with van der Waals surface area (Å²) in [6.45, 7) is 0. The molecule has 2 rings (SSSR count). The van der Waals surface area contributed by atoms with Crippen molar-refractivity contribution in [3.8, 4) is 0 Å². The fourth-order valence-electron chi connectivity index (χ4n) is 1.67. The van der Waals surface area contributed by atoms with Gasteiger partial charge in [-0.1, -0.05) is 17.7 Å². The molecule has 18 heavy (non-hydrogen) atoms. The summed E-state index contributed by atoms with van der Waals surface area (Å²) in [6, 6.07) is 5.53. The molecule has 1 heterocycles. The van der Waals surface area contributed by atoms with Crippen molar-refractivity contribution in [2.24, 2.45) is 0 Å². The summed E-state index contributed by atoms with van der Waals surface area (Å²) in [4.78, 5) is 0.931. The maximum absolute atomic E-state index is 13.2. The number of halogens is 4. The Morgan fingerprint density at radius 2 is 2.00 bits per heavy atom. The Labute approximate surface area is 121 Å². The Morgan fingerprint density at radius 1 is 1.28 bits per heavy atom. The molecule has 0 saturated carbocycles. The van der Waals surface area contributed by atoms with Crippen LogP contribution >= 0.6 is 38.9 Å². The number of benzene rings is 1. The molecule has 0 aliphatic heterocycles. The molecule has 0 aliphatic rings. The summed E-state index contributed by atoms with van der Waals surface area (Å²) < 4.78 is 27.6. The zero-order valence-electron chi connectivity index (χ0n) is 9.31. The first-order chi connectivity index (χ1) is 8.52. The van der Waals surface area contributed by atoms with E-state index in [9.17, 15) is 8.78 Å². The van der Waals surface area contributed by atoms with Crippen LogP contribution in [0.3, 0.4) is 0 Å². The van der Waals surface area contributed by atoms with Gasteiger partial charge in [0.2, 0.25) is 0 Å². The molecule has 96 valence electrons. The molecular formula is C12H9BrClF2NS. The average Bonchev–Trinajstić information content (AvgIpc) is 2.65. The van der Waals surface area contributed by atoms with E-state index in [4.69, 9.17) is 11.6 Å². The van der Waals surface area contributed by atoms with Gasteiger partial charge in [0.25, 0.3) is 0 Å². The Hall–Kier alpha value is -0.490. The second kappa shape index (κ2) is 5.65. The number of thiophene rings is 1. The minimum absolute atomic E-state index is 0.214. The van der Waals surface area contributed by atoms with Crippen molar-refractivity contribution < 1.29 is 8.78 Å². The maximum atomic E-state index is 13.2. The third-order valence-electron chi connectivity index (χ3n) is 2.51.